The molecule has 0 saturated carbocycles. The van der Waals surface area contributed by atoms with Crippen molar-refractivity contribution in [3.05, 3.63) is 24.0 Å². The zero-order valence-electron chi connectivity index (χ0n) is 6.98. The number of nitrogens with zero attached hydrogens (tertiary/aromatic N) is 2. The van der Waals surface area contributed by atoms with E-state index in [4.69, 9.17) is 10.00 Å². The van der Waals surface area contributed by atoms with Crippen LogP contribution in [0.3, 0.4) is 0 Å². The number of ether oxygens (including phenoxy) is 1. The van der Waals surface area contributed by atoms with Gasteiger partial charge >= 0.3 is 0 Å². The van der Waals surface area contributed by atoms with E-state index in [1.54, 1.807) is 18.5 Å². The van der Waals surface area contributed by atoms with Crippen LogP contribution in [-0.2, 0) is 0 Å². The Kier molecular flexibility index (Phi) is 5.84. The van der Waals surface area contributed by atoms with Crippen molar-refractivity contribution in [2.24, 2.45) is 0 Å². The second kappa shape index (κ2) is 6.50. The van der Waals surface area contributed by atoms with Crippen molar-refractivity contribution in [1.29, 1.82) is 5.26 Å². The Morgan fingerprint density at radius 2 is 2.25 bits per heavy atom. The number of pyridine rings is 1. The summed E-state index contributed by atoms with van der Waals surface area (Å²) in [6.07, 6.45) is 4.76. The highest BCUT2D eigenvalue weighted by Crippen LogP contribution is 2.12. The van der Waals surface area contributed by atoms with Crippen LogP contribution in [0.4, 0.5) is 0 Å². The molecule has 0 saturated heterocycles. The fraction of sp³-hybridized carbons (Fsp3) is 0.250. The van der Waals surface area contributed by atoms with Gasteiger partial charge in [0.2, 0.25) is 0 Å². The second-order valence-corrected chi connectivity index (χ2v) is 1.69. The Labute approximate surface area is 77.4 Å². The molecule has 1 aromatic rings. The third kappa shape index (κ3) is 2.81. The smallest absolute Gasteiger partial charge is 0.154 e. The predicted molar refractivity (Wildman–Crippen MR) is 50.4 cm³/mol. The predicted octanol–water partition coefficient (Wildman–Crippen LogP) is 1.51. The summed E-state index contributed by atoms with van der Waals surface area (Å²) in [5.74, 6) is 0.519. The van der Waals surface area contributed by atoms with Crippen LogP contribution in [-0.4, -0.2) is 18.3 Å². The molecule has 0 unspecified atom stereocenters. The standard InChI is InChI=1S/C7H6N2O.CH4S/c1-10-7-5-9-3-2-6(7)4-8;1-2/h2-3,5H,1H3;2H,1H3. The highest BCUT2D eigenvalue weighted by molar-refractivity contribution is 7.79. The fourth-order valence-corrected chi connectivity index (χ4v) is 0.635. The maximum absolute atomic E-state index is 8.49. The molecule has 0 aliphatic heterocycles. The average molecular weight is 182 g/mol. The molecule has 0 aliphatic carbocycles. The third-order valence-electron chi connectivity index (χ3n) is 1.12. The zero-order chi connectivity index (χ0) is 9.40. The van der Waals surface area contributed by atoms with Crippen molar-refractivity contribution >= 4 is 12.6 Å². The molecule has 12 heavy (non-hydrogen) atoms. The normalized spacial score (nSPS) is 7.50. The lowest BCUT2D eigenvalue weighted by atomic mass is 10.3. The SMILES string of the molecule is COc1cnccc1C#N.CS. The Morgan fingerprint density at radius 1 is 1.58 bits per heavy atom. The molecule has 0 spiro atoms. The lowest BCUT2D eigenvalue weighted by molar-refractivity contribution is 0.411. The van der Waals surface area contributed by atoms with E-state index in [9.17, 15) is 0 Å². The minimum atomic E-state index is 0.512. The highest BCUT2D eigenvalue weighted by Gasteiger charge is 1.97. The summed E-state index contributed by atoms with van der Waals surface area (Å²) in [6.45, 7) is 0. The summed E-state index contributed by atoms with van der Waals surface area (Å²) in [5.41, 5.74) is 0.512. The summed E-state index contributed by atoms with van der Waals surface area (Å²) in [4.78, 5) is 3.79. The first kappa shape index (κ1) is 10.8. The van der Waals surface area contributed by atoms with Gasteiger partial charge in [-0.05, 0) is 12.3 Å². The largest absolute Gasteiger partial charge is 0.494 e. The van der Waals surface area contributed by atoms with E-state index in [-0.39, 0.29) is 0 Å². The van der Waals surface area contributed by atoms with E-state index in [2.05, 4.69) is 17.6 Å². The minimum absolute atomic E-state index is 0.512. The maximum Gasteiger partial charge on any atom is 0.154 e. The molecule has 0 N–H and O–H groups in total. The van der Waals surface area contributed by atoms with Crippen molar-refractivity contribution in [2.45, 2.75) is 0 Å². The average Bonchev–Trinajstić information content (AvgIpc) is 2.20. The quantitative estimate of drug-likeness (QED) is 0.669. The van der Waals surface area contributed by atoms with E-state index in [1.807, 2.05) is 6.07 Å². The molecule has 0 aromatic carbocycles. The van der Waals surface area contributed by atoms with Gasteiger partial charge in [-0.1, -0.05) is 0 Å². The number of hydrogen-bond donors (Lipinski definition) is 1. The molecule has 1 aromatic heterocycles. The van der Waals surface area contributed by atoms with Crippen LogP contribution in [0.5, 0.6) is 5.75 Å². The van der Waals surface area contributed by atoms with Crippen LogP contribution in [0, 0.1) is 11.3 Å². The molecule has 4 heteroatoms. The number of rotatable bonds is 1. The second-order valence-electron chi connectivity index (χ2n) is 1.69. The molecule has 64 valence electrons. The van der Waals surface area contributed by atoms with Crippen molar-refractivity contribution in [2.75, 3.05) is 13.4 Å². The van der Waals surface area contributed by atoms with Gasteiger partial charge in [-0.25, -0.2) is 0 Å². The maximum atomic E-state index is 8.49. The highest BCUT2D eigenvalue weighted by atomic mass is 32.1. The van der Waals surface area contributed by atoms with Crippen LogP contribution in [0.2, 0.25) is 0 Å². The van der Waals surface area contributed by atoms with Gasteiger partial charge in [0.15, 0.2) is 5.75 Å². The van der Waals surface area contributed by atoms with Crippen molar-refractivity contribution < 1.29 is 4.74 Å². The topological polar surface area (TPSA) is 45.9 Å². The first-order valence-electron chi connectivity index (χ1n) is 3.21. The Morgan fingerprint density at radius 3 is 2.67 bits per heavy atom. The molecular weight excluding hydrogens is 172 g/mol. The van der Waals surface area contributed by atoms with Crippen LogP contribution < -0.4 is 4.74 Å². The molecule has 0 radical (unpaired) electrons. The van der Waals surface area contributed by atoms with Gasteiger partial charge < -0.3 is 4.74 Å². The van der Waals surface area contributed by atoms with Gasteiger partial charge in [0.25, 0.3) is 0 Å². The number of thiol groups is 1. The van der Waals surface area contributed by atoms with Gasteiger partial charge in [0.05, 0.1) is 18.9 Å². The Balaban J connectivity index is 0.000000561. The number of hydrogen-bond acceptors (Lipinski definition) is 4. The summed E-state index contributed by atoms with van der Waals surface area (Å²) >= 11 is 3.53. The lowest BCUT2D eigenvalue weighted by Gasteiger charge is -1.97. The van der Waals surface area contributed by atoms with Crippen LogP contribution >= 0.6 is 12.6 Å². The Hall–Kier alpha value is -1.21. The van der Waals surface area contributed by atoms with Gasteiger partial charge in [-0.15, -0.1) is 0 Å². The number of nitriles is 1. The summed E-state index contributed by atoms with van der Waals surface area (Å²) in [6, 6.07) is 3.59. The molecule has 0 fully saturated rings. The van der Waals surface area contributed by atoms with Gasteiger partial charge in [-0.3, -0.25) is 4.98 Å². The van der Waals surface area contributed by atoms with Crippen molar-refractivity contribution in [3.8, 4) is 11.8 Å². The van der Waals surface area contributed by atoms with Crippen LogP contribution in [0.25, 0.3) is 0 Å². The lowest BCUT2D eigenvalue weighted by Crippen LogP contribution is -1.87. The third-order valence-corrected chi connectivity index (χ3v) is 1.12. The van der Waals surface area contributed by atoms with Crippen LogP contribution in [0.15, 0.2) is 18.5 Å². The first-order valence-corrected chi connectivity index (χ1v) is 4.10. The monoisotopic (exact) mass is 182 g/mol. The summed E-state index contributed by atoms with van der Waals surface area (Å²) < 4.78 is 4.85. The molecule has 3 nitrogen and oxygen atoms in total. The first-order chi connectivity index (χ1) is 5.88. The molecule has 0 atom stereocenters. The van der Waals surface area contributed by atoms with E-state index < -0.39 is 0 Å². The minimum Gasteiger partial charge on any atom is -0.494 e. The van der Waals surface area contributed by atoms with Crippen molar-refractivity contribution in [3.63, 3.8) is 0 Å². The summed E-state index contributed by atoms with van der Waals surface area (Å²) in [7, 11) is 1.51. The van der Waals surface area contributed by atoms with E-state index >= 15 is 0 Å². The summed E-state index contributed by atoms with van der Waals surface area (Å²) in [5, 5.41) is 8.49. The van der Waals surface area contributed by atoms with E-state index in [0.717, 1.165) is 0 Å². The van der Waals surface area contributed by atoms with E-state index in [0.29, 0.717) is 11.3 Å². The fourth-order valence-electron chi connectivity index (χ4n) is 0.635. The number of aromatic nitrogens is 1. The molecule has 0 amide bonds. The van der Waals surface area contributed by atoms with Crippen LogP contribution in [0.1, 0.15) is 5.56 Å². The molecule has 0 aliphatic rings. The van der Waals surface area contributed by atoms with Crippen molar-refractivity contribution in [1.82, 2.24) is 4.98 Å². The molecule has 1 heterocycles. The Bertz CT molecular complexity index is 270. The zero-order valence-corrected chi connectivity index (χ0v) is 7.88. The van der Waals surface area contributed by atoms with Gasteiger partial charge in [-0.2, -0.15) is 17.9 Å². The van der Waals surface area contributed by atoms with Gasteiger partial charge in [0, 0.05) is 6.20 Å². The van der Waals surface area contributed by atoms with E-state index in [1.165, 1.54) is 13.3 Å². The molecule has 0 bridgehead atoms. The van der Waals surface area contributed by atoms with Gasteiger partial charge in [0.1, 0.15) is 6.07 Å². The molecule has 1 rings (SSSR count). The number of methoxy groups -OCH3 is 1. The molecular formula is C8H10N2OS.